The van der Waals surface area contributed by atoms with E-state index in [1.807, 2.05) is 6.92 Å². The first-order valence-corrected chi connectivity index (χ1v) is 9.92. The summed E-state index contributed by atoms with van der Waals surface area (Å²) < 4.78 is 5.00. The van der Waals surface area contributed by atoms with E-state index in [9.17, 15) is 24.4 Å². The molecule has 0 bridgehead atoms. The van der Waals surface area contributed by atoms with Crippen molar-refractivity contribution in [2.45, 2.75) is 40.8 Å². The predicted molar refractivity (Wildman–Crippen MR) is 114 cm³/mol. The molecule has 0 aromatic rings. The van der Waals surface area contributed by atoms with Crippen LogP contribution in [0.1, 0.15) is 25.5 Å². The number of fused-ring (bicyclic) bond motifs is 2. The number of aryl methyl sites for hydroxylation is 4. The molecule has 174 valence electrons. The second-order valence-electron chi connectivity index (χ2n) is 6.99. The normalized spacial score (nSPS) is 11.0. The van der Waals surface area contributed by atoms with Crippen LogP contribution in [0.4, 0.5) is 0 Å². The van der Waals surface area contributed by atoms with Gasteiger partial charge in [0.1, 0.15) is 5.82 Å². The van der Waals surface area contributed by atoms with Crippen molar-refractivity contribution in [2.24, 2.45) is 14.1 Å². The third kappa shape index (κ3) is 3.99. The zero-order chi connectivity index (χ0) is 24.6. The first-order chi connectivity index (χ1) is 15.5. The number of hydrogen-bond acceptors (Lipinski definition) is 10. The molecular weight excluding hydrogens is 436 g/mol. The minimum Gasteiger partial charge on any atom is -0.710 e. The van der Waals surface area contributed by atoms with Crippen molar-refractivity contribution in [1.29, 1.82) is 0 Å². The minimum atomic E-state index is -0.699. The van der Waals surface area contributed by atoms with E-state index in [0.717, 1.165) is 9.13 Å². The highest BCUT2D eigenvalue weighted by molar-refractivity contribution is 5.47. The third-order valence-electron chi connectivity index (χ3n) is 4.80. The second-order valence-corrected chi connectivity index (χ2v) is 6.99. The molecule has 0 N–H and O–H groups in total. The van der Waals surface area contributed by atoms with Gasteiger partial charge in [-0.1, -0.05) is 0 Å². The van der Waals surface area contributed by atoms with Gasteiger partial charge in [-0.25, -0.2) is 24.0 Å². The lowest BCUT2D eigenvalue weighted by Crippen LogP contribution is -2.48. The van der Waals surface area contributed by atoms with E-state index in [0.29, 0.717) is 23.6 Å². The Balaban J connectivity index is 0.000000186. The molecule has 15 heteroatoms. The van der Waals surface area contributed by atoms with Crippen molar-refractivity contribution >= 4 is 0 Å². The van der Waals surface area contributed by atoms with Gasteiger partial charge in [-0.3, -0.25) is 18.7 Å². The molecule has 4 heterocycles. The van der Waals surface area contributed by atoms with Crippen molar-refractivity contribution in [1.82, 2.24) is 43.6 Å². The predicted octanol–water partition coefficient (Wildman–Crippen LogP) is -2.43. The van der Waals surface area contributed by atoms with Crippen molar-refractivity contribution in [3.63, 3.8) is 0 Å². The Hall–Kier alpha value is -4.30. The van der Waals surface area contributed by atoms with Crippen LogP contribution in [0, 0.1) is 19.1 Å². The molecule has 0 fully saturated rings. The Bertz CT molecular complexity index is 1530. The number of rotatable bonds is 2. The van der Waals surface area contributed by atoms with Crippen LogP contribution in [0.3, 0.4) is 0 Å². The topological polar surface area (TPSA) is 179 Å². The standard InChI is InChI=1S/C9H11N5O3.C9H11N5O2/c1-4-13-7-6(14(17)5(2)11-13)8(15)12(3)9(16)10-7;1-4-14-7-6(10-5(2)12-14)8(15)13(3)9(16)11-7/h4H2,1-3H3;4H2,1-3H3. The van der Waals surface area contributed by atoms with Crippen LogP contribution in [-0.4, -0.2) is 43.6 Å². The molecule has 0 aromatic carbocycles. The summed E-state index contributed by atoms with van der Waals surface area (Å²) in [6.07, 6.45) is 0. The maximum Gasteiger partial charge on any atom is 0.352 e. The fourth-order valence-corrected chi connectivity index (χ4v) is 3.03. The van der Waals surface area contributed by atoms with Crippen LogP contribution in [0.5, 0.6) is 0 Å². The maximum absolute atomic E-state index is 11.9. The van der Waals surface area contributed by atoms with Gasteiger partial charge in [0.25, 0.3) is 5.56 Å². The van der Waals surface area contributed by atoms with Gasteiger partial charge in [0.05, 0.1) is 11.6 Å². The van der Waals surface area contributed by atoms with Crippen LogP contribution in [0.15, 0.2) is 19.2 Å². The number of aromatic nitrogens is 10. The summed E-state index contributed by atoms with van der Waals surface area (Å²) in [6, 6.07) is 0. The van der Waals surface area contributed by atoms with E-state index >= 15 is 0 Å². The second kappa shape index (κ2) is 8.68. The lowest BCUT2D eigenvalue weighted by atomic mass is 10.3. The van der Waals surface area contributed by atoms with Gasteiger partial charge in [-0.05, 0) is 20.8 Å². The Morgan fingerprint density at radius 1 is 0.788 bits per heavy atom. The Morgan fingerprint density at radius 2 is 1.30 bits per heavy atom. The summed E-state index contributed by atoms with van der Waals surface area (Å²) in [5.74, 6) is 0.867. The molecule has 0 radical (unpaired) electrons. The van der Waals surface area contributed by atoms with Crippen LogP contribution in [0.25, 0.3) is 23.0 Å². The Kier molecular flexibility index (Phi) is 6.14. The molecule has 0 amide bonds. The molecular formula is C18H22N10O5. The van der Waals surface area contributed by atoms with Crippen LogP contribution >= 0.6 is 0 Å². The Labute approximate surface area is 185 Å². The fourth-order valence-electron chi connectivity index (χ4n) is 3.03. The highest BCUT2D eigenvalue weighted by Crippen LogP contribution is 2.09. The molecule has 33 heavy (non-hydrogen) atoms. The van der Waals surface area contributed by atoms with Crippen molar-refractivity contribution in [3.8, 4) is 23.0 Å². The molecule has 0 saturated heterocycles. The van der Waals surface area contributed by atoms with E-state index < -0.39 is 22.5 Å². The molecule has 0 aromatic heterocycles. The van der Waals surface area contributed by atoms with E-state index in [4.69, 9.17) is 0 Å². The molecule has 0 aliphatic carbocycles. The van der Waals surface area contributed by atoms with Gasteiger partial charge < -0.3 is 5.21 Å². The van der Waals surface area contributed by atoms with Crippen molar-refractivity contribution in [3.05, 3.63) is 58.5 Å². The van der Waals surface area contributed by atoms with Gasteiger partial charge in [0.2, 0.25) is 11.5 Å². The number of hydrogen-bond donors (Lipinski definition) is 0. The van der Waals surface area contributed by atoms with Gasteiger partial charge >= 0.3 is 22.8 Å². The molecule has 0 spiro atoms. The maximum atomic E-state index is 11.9. The van der Waals surface area contributed by atoms with E-state index in [2.05, 4.69) is 25.1 Å². The highest BCUT2D eigenvalue weighted by atomic mass is 16.5. The zero-order valence-corrected chi connectivity index (χ0v) is 18.9. The molecule has 0 unspecified atom stereocenters. The van der Waals surface area contributed by atoms with Crippen molar-refractivity contribution < 1.29 is 4.73 Å². The quantitative estimate of drug-likeness (QED) is 0.231. The number of nitrogens with zero attached hydrogens (tertiary/aromatic N) is 10. The van der Waals surface area contributed by atoms with E-state index in [1.54, 1.807) is 13.8 Å². The minimum absolute atomic E-state index is 0.0150. The van der Waals surface area contributed by atoms with Crippen LogP contribution in [-0.2, 0) is 27.2 Å². The lowest BCUT2D eigenvalue weighted by molar-refractivity contribution is -0.607. The smallest absolute Gasteiger partial charge is 0.352 e. The van der Waals surface area contributed by atoms with Gasteiger partial charge in [-0.15, -0.1) is 0 Å². The summed E-state index contributed by atoms with van der Waals surface area (Å²) in [4.78, 5) is 58.0. The van der Waals surface area contributed by atoms with E-state index in [1.165, 1.54) is 30.4 Å². The van der Waals surface area contributed by atoms with Crippen LogP contribution in [0.2, 0.25) is 0 Å². The SMILES string of the molecule is CCn1nc(C)[n+]([O-])c2c(=O)n(C)c(=O)nc1-2.CCn1nc(C)nc2c(=O)n(C)c(=O)nc1-2. The summed E-state index contributed by atoms with van der Waals surface area (Å²) in [6.45, 7) is 7.76. The largest absolute Gasteiger partial charge is 0.710 e. The van der Waals surface area contributed by atoms with E-state index in [-0.39, 0.29) is 28.9 Å². The summed E-state index contributed by atoms with van der Waals surface area (Å²) in [5.41, 5.74) is -2.38. The van der Waals surface area contributed by atoms with Gasteiger partial charge in [0.15, 0.2) is 11.5 Å². The fraction of sp³-hybridized carbons (Fsp3) is 0.444. The molecule has 0 saturated carbocycles. The first-order valence-electron chi connectivity index (χ1n) is 9.92. The first kappa shape index (κ1) is 23.4. The summed E-state index contributed by atoms with van der Waals surface area (Å²) in [7, 11) is 2.66. The average Bonchev–Trinajstić information content (AvgIpc) is 2.78. The Morgan fingerprint density at radius 3 is 1.88 bits per heavy atom. The van der Waals surface area contributed by atoms with Gasteiger partial charge in [-0.2, -0.15) is 19.7 Å². The van der Waals surface area contributed by atoms with Crippen LogP contribution < -0.4 is 27.2 Å². The van der Waals surface area contributed by atoms with Crippen molar-refractivity contribution in [2.75, 3.05) is 0 Å². The molecule has 0 atom stereocenters. The molecule has 4 aliphatic heterocycles. The summed E-state index contributed by atoms with van der Waals surface area (Å²) >= 11 is 0. The highest BCUT2D eigenvalue weighted by Gasteiger charge is 2.25. The molecule has 4 aliphatic rings. The zero-order valence-electron chi connectivity index (χ0n) is 18.9. The average molecular weight is 458 g/mol. The lowest BCUT2D eigenvalue weighted by Gasteiger charge is -2.13. The summed E-state index contributed by atoms with van der Waals surface area (Å²) in [5, 5.41) is 19.8. The molecule has 15 nitrogen and oxygen atoms in total. The monoisotopic (exact) mass is 458 g/mol. The molecule has 4 rings (SSSR count). The third-order valence-corrected chi connectivity index (χ3v) is 4.80. The van der Waals surface area contributed by atoms with Gasteiger partial charge in [0, 0.05) is 27.6 Å².